The van der Waals surface area contributed by atoms with Crippen molar-refractivity contribution in [2.45, 2.75) is 70.1 Å². The summed E-state index contributed by atoms with van der Waals surface area (Å²) in [6.07, 6.45) is 9.76. The Bertz CT molecular complexity index is 951. The van der Waals surface area contributed by atoms with Crippen molar-refractivity contribution in [2.75, 3.05) is 37.0 Å². The molecule has 0 spiro atoms. The second-order valence-corrected chi connectivity index (χ2v) is 10.2. The fourth-order valence-electron chi connectivity index (χ4n) is 5.66. The first-order valence-electron chi connectivity index (χ1n) is 12.5. The highest BCUT2D eigenvalue weighted by molar-refractivity contribution is 5.63. The molecule has 1 aromatic carbocycles. The van der Waals surface area contributed by atoms with Crippen LogP contribution in [0.4, 0.5) is 17.5 Å². The first-order valence-corrected chi connectivity index (χ1v) is 12.5. The molecule has 170 valence electrons. The summed E-state index contributed by atoms with van der Waals surface area (Å²) < 4.78 is 6.03. The summed E-state index contributed by atoms with van der Waals surface area (Å²) >= 11 is 0. The molecular formula is C26H35N5O. The Hall–Kier alpha value is -2.18. The van der Waals surface area contributed by atoms with Gasteiger partial charge in [0, 0.05) is 37.4 Å². The van der Waals surface area contributed by atoms with Gasteiger partial charge in [0.05, 0.1) is 18.4 Å². The van der Waals surface area contributed by atoms with Gasteiger partial charge in [-0.25, -0.2) is 4.98 Å². The van der Waals surface area contributed by atoms with E-state index in [-0.39, 0.29) is 0 Å². The van der Waals surface area contributed by atoms with E-state index in [0.717, 1.165) is 67.8 Å². The number of rotatable bonds is 5. The molecule has 0 amide bonds. The van der Waals surface area contributed by atoms with E-state index in [2.05, 4.69) is 46.4 Å². The monoisotopic (exact) mass is 433 g/mol. The third-order valence-electron chi connectivity index (χ3n) is 7.70. The smallest absolute Gasteiger partial charge is 0.227 e. The SMILES string of the molecule is CN1Cc2nc(N3CCOC(C4CC4)C3)nc(Nc3ccc(C4CCCCC4)cc3)c2C1. The first kappa shape index (κ1) is 20.4. The van der Waals surface area contributed by atoms with Gasteiger partial charge >= 0.3 is 0 Å². The molecule has 4 aliphatic rings. The molecule has 6 nitrogen and oxygen atoms in total. The maximum atomic E-state index is 6.03. The number of hydrogen-bond acceptors (Lipinski definition) is 6. The van der Waals surface area contributed by atoms with Crippen LogP contribution in [0.5, 0.6) is 0 Å². The maximum absolute atomic E-state index is 6.03. The van der Waals surface area contributed by atoms with Crippen molar-refractivity contribution in [1.29, 1.82) is 0 Å². The van der Waals surface area contributed by atoms with Crippen LogP contribution in [-0.2, 0) is 17.8 Å². The van der Waals surface area contributed by atoms with Gasteiger partial charge in [-0.1, -0.05) is 31.4 Å². The van der Waals surface area contributed by atoms with Crippen LogP contribution in [0, 0.1) is 5.92 Å². The van der Waals surface area contributed by atoms with Crippen molar-refractivity contribution in [2.24, 2.45) is 5.92 Å². The minimum atomic E-state index is 0.340. The lowest BCUT2D eigenvalue weighted by atomic mass is 9.84. The van der Waals surface area contributed by atoms with Crippen molar-refractivity contribution < 1.29 is 4.74 Å². The van der Waals surface area contributed by atoms with Crippen LogP contribution < -0.4 is 10.2 Å². The topological polar surface area (TPSA) is 53.5 Å². The summed E-state index contributed by atoms with van der Waals surface area (Å²) in [6.45, 7) is 4.33. The molecule has 0 bridgehead atoms. The largest absolute Gasteiger partial charge is 0.374 e. The van der Waals surface area contributed by atoms with E-state index in [1.807, 2.05) is 0 Å². The quantitative estimate of drug-likeness (QED) is 0.729. The Morgan fingerprint density at radius 2 is 1.78 bits per heavy atom. The number of aromatic nitrogens is 2. The zero-order valence-electron chi connectivity index (χ0n) is 19.2. The summed E-state index contributed by atoms with van der Waals surface area (Å²) in [5.74, 6) is 3.30. The average Bonchev–Trinajstić information content (AvgIpc) is 3.61. The number of benzene rings is 1. The molecule has 1 atom stereocenters. The third kappa shape index (κ3) is 4.23. The normalized spacial score (nSPS) is 24.5. The Balaban J connectivity index is 1.24. The summed E-state index contributed by atoms with van der Waals surface area (Å²) in [5, 5.41) is 3.65. The van der Waals surface area contributed by atoms with Crippen LogP contribution in [-0.4, -0.2) is 47.7 Å². The Kier molecular flexibility index (Phi) is 5.51. The lowest BCUT2D eigenvalue weighted by Gasteiger charge is -2.33. The van der Waals surface area contributed by atoms with Gasteiger partial charge in [0.15, 0.2) is 0 Å². The van der Waals surface area contributed by atoms with Crippen LogP contribution in [0.2, 0.25) is 0 Å². The van der Waals surface area contributed by atoms with Crippen molar-refractivity contribution in [3.8, 4) is 0 Å². The molecule has 1 saturated heterocycles. The molecule has 32 heavy (non-hydrogen) atoms. The number of ether oxygens (including phenoxy) is 1. The van der Waals surface area contributed by atoms with Crippen LogP contribution in [0.1, 0.15) is 67.7 Å². The molecule has 2 aliphatic carbocycles. The van der Waals surface area contributed by atoms with E-state index >= 15 is 0 Å². The molecule has 2 saturated carbocycles. The zero-order chi connectivity index (χ0) is 21.5. The zero-order valence-corrected chi connectivity index (χ0v) is 19.2. The van der Waals surface area contributed by atoms with Gasteiger partial charge in [-0.3, -0.25) is 4.90 Å². The van der Waals surface area contributed by atoms with Crippen LogP contribution in [0.15, 0.2) is 24.3 Å². The van der Waals surface area contributed by atoms with E-state index in [1.54, 1.807) is 0 Å². The number of fused-ring (bicyclic) bond motifs is 1. The van der Waals surface area contributed by atoms with Crippen molar-refractivity contribution in [1.82, 2.24) is 14.9 Å². The highest BCUT2D eigenvalue weighted by Gasteiger charge is 2.36. The molecule has 2 aliphatic heterocycles. The molecule has 1 unspecified atom stereocenters. The van der Waals surface area contributed by atoms with Gasteiger partial charge in [0.1, 0.15) is 5.82 Å². The molecule has 1 aromatic heterocycles. The average molecular weight is 434 g/mol. The van der Waals surface area contributed by atoms with Crippen LogP contribution in [0.3, 0.4) is 0 Å². The van der Waals surface area contributed by atoms with Gasteiger partial charge < -0.3 is 15.0 Å². The third-order valence-corrected chi connectivity index (χ3v) is 7.70. The Morgan fingerprint density at radius 1 is 0.969 bits per heavy atom. The van der Waals surface area contributed by atoms with Gasteiger partial charge in [-0.2, -0.15) is 4.98 Å². The Morgan fingerprint density at radius 3 is 2.56 bits per heavy atom. The molecule has 6 rings (SSSR count). The van der Waals surface area contributed by atoms with Crippen LogP contribution >= 0.6 is 0 Å². The van der Waals surface area contributed by atoms with Crippen LogP contribution in [0.25, 0.3) is 0 Å². The predicted octanol–water partition coefficient (Wildman–Crippen LogP) is 4.83. The molecule has 6 heteroatoms. The summed E-state index contributed by atoms with van der Waals surface area (Å²) in [6, 6.07) is 9.09. The van der Waals surface area contributed by atoms with Gasteiger partial charge in [0.2, 0.25) is 5.95 Å². The maximum Gasteiger partial charge on any atom is 0.227 e. The van der Waals surface area contributed by atoms with Crippen molar-refractivity contribution in [3.63, 3.8) is 0 Å². The highest BCUT2D eigenvalue weighted by atomic mass is 16.5. The van der Waals surface area contributed by atoms with Gasteiger partial charge in [0.25, 0.3) is 0 Å². The molecule has 2 aromatic rings. The Labute approximate surface area is 191 Å². The molecule has 1 N–H and O–H groups in total. The van der Waals surface area contributed by atoms with Gasteiger partial charge in [-0.05, 0) is 62.3 Å². The predicted molar refractivity (Wildman–Crippen MR) is 127 cm³/mol. The van der Waals surface area contributed by atoms with Crippen molar-refractivity contribution >= 4 is 17.5 Å². The number of anilines is 3. The highest BCUT2D eigenvalue weighted by Crippen LogP contribution is 2.37. The second-order valence-electron chi connectivity index (χ2n) is 10.2. The summed E-state index contributed by atoms with van der Waals surface area (Å²) in [5.41, 5.74) is 5.00. The molecule has 3 fully saturated rings. The number of hydrogen-bond donors (Lipinski definition) is 1. The minimum absolute atomic E-state index is 0.340. The van der Waals surface area contributed by atoms with E-state index < -0.39 is 0 Å². The minimum Gasteiger partial charge on any atom is -0.374 e. The van der Waals surface area contributed by atoms with E-state index in [9.17, 15) is 0 Å². The summed E-state index contributed by atoms with van der Waals surface area (Å²) in [7, 11) is 2.15. The number of nitrogens with zero attached hydrogens (tertiary/aromatic N) is 4. The lowest BCUT2D eigenvalue weighted by molar-refractivity contribution is 0.0258. The van der Waals surface area contributed by atoms with Crippen molar-refractivity contribution in [3.05, 3.63) is 41.1 Å². The standard InChI is InChI=1S/C26H35N5O/c1-30-15-22-23(16-30)28-26(31-13-14-32-24(17-31)20-7-8-20)29-25(22)27-21-11-9-19(10-12-21)18-5-3-2-4-6-18/h9-12,18,20,24H,2-8,13-17H2,1H3,(H,27,28,29). The first-order chi connectivity index (χ1) is 15.7. The lowest BCUT2D eigenvalue weighted by Crippen LogP contribution is -2.44. The fraction of sp³-hybridized carbons (Fsp3) is 0.615. The molecular weight excluding hydrogens is 398 g/mol. The van der Waals surface area contributed by atoms with E-state index in [0.29, 0.717) is 6.10 Å². The number of morpholine rings is 1. The van der Waals surface area contributed by atoms with E-state index in [1.165, 1.54) is 56.1 Å². The van der Waals surface area contributed by atoms with Gasteiger partial charge in [-0.15, -0.1) is 0 Å². The molecule has 3 heterocycles. The molecule has 0 radical (unpaired) electrons. The number of nitrogens with one attached hydrogen (secondary N) is 1. The fourth-order valence-corrected chi connectivity index (χ4v) is 5.66. The second kappa shape index (κ2) is 8.64. The summed E-state index contributed by atoms with van der Waals surface area (Å²) in [4.78, 5) is 14.7. The van der Waals surface area contributed by atoms with E-state index in [4.69, 9.17) is 14.7 Å².